The number of benzene rings is 1. The molecule has 0 spiro atoms. The molecule has 2 nitrogen and oxygen atoms in total. The number of aryl methyl sites for hydroxylation is 1. The first kappa shape index (κ1) is 11.9. The lowest BCUT2D eigenvalue weighted by Crippen LogP contribution is -1.97. The molecule has 2 rings (SSSR count). The second-order valence-electron chi connectivity index (χ2n) is 4.63. The van der Waals surface area contributed by atoms with E-state index in [1.165, 1.54) is 5.56 Å². The van der Waals surface area contributed by atoms with Gasteiger partial charge in [-0.2, -0.15) is 0 Å². The Morgan fingerprint density at radius 2 is 2.12 bits per heavy atom. The number of nitrogens with one attached hydrogen (secondary N) is 1. The number of aromatic nitrogens is 1. The fourth-order valence-electron chi connectivity index (χ4n) is 2.14. The first-order valence-corrected chi connectivity index (χ1v) is 6.33. The minimum Gasteiger partial charge on any atom is -0.360 e. The standard InChI is InChI=1S/C15H19NO/c1-3-4-5-6-15(17)13-10-16-14-8-7-11(2)9-12(13)14/h7-10,16H,3-6H2,1-2H3. The van der Waals surface area contributed by atoms with Crippen LogP contribution < -0.4 is 0 Å². The van der Waals surface area contributed by atoms with Gasteiger partial charge in [-0.1, -0.05) is 31.4 Å². The zero-order valence-corrected chi connectivity index (χ0v) is 10.5. The molecule has 17 heavy (non-hydrogen) atoms. The molecule has 0 saturated heterocycles. The van der Waals surface area contributed by atoms with E-state index in [0.717, 1.165) is 35.7 Å². The predicted molar refractivity (Wildman–Crippen MR) is 71.5 cm³/mol. The lowest BCUT2D eigenvalue weighted by Gasteiger charge is -1.99. The third-order valence-electron chi connectivity index (χ3n) is 3.15. The summed E-state index contributed by atoms with van der Waals surface area (Å²) in [6, 6.07) is 6.18. The van der Waals surface area contributed by atoms with Crippen molar-refractivity contribution in [3.05, 3.63) is 35.5 Å². The maximum Gasteiger partial charge on any atom is 0.165 e. The third kappa shape index (κ3) is 2.57. The van der Waals surface area contributed by atoms with Gasteiger partial charge in [-0.3, -0.25) is 4.79 Å². The summed E-state index contributed by atoms with van der Waals surface area (Å²) in [6.07, 6.45) is 5.79. The van der Waals surface area contributed by atoms with Crippen molar-refractivity contribution in [2.75, 3.05) is 0 Å². The maximum atomic E-state index is 12.1. The van der Waals surface area contributed by atoms with Crippen LogP contribution in [0.1, 0.15) is 48.5 Å². The molecule has 0 unspecified atom stereocenters. The summed E-state index contributed by atoms with van der Waals surface area (Å²) in [6.45, 7) is 4.21. The Labute approximate surface area is 102 Å². The van der Waals surface area contributed by atoms with Crippen LogP contribution in [0.4, 0.5) is 0 Å². The quantitative estimate of drug-likeness (QED) is 0.603. The van der Waals surface area contributed by atoms with Gasteiger partial charge in [-0.15, -0.1) is 0 Å². The van der Waals surface area contributed by atoms with Gasteiger partial charge in [0.05, 0.1) is 0 Å². The summed E-state index contributed by atoms with van der Waals surface area (Å²) in [5, 5.41) is 1.06. The predicted octanol–water partition coefficient (Wildman–Crippen LogP) is 4.24. The minimum atomic E-state index is 0.260. The third-order valence-corrected chi connectivity index (χ3v) is 3.15. The summed E-state index contributed by atoms with van der Waals surface area (Å²) in [7, 11) is 0. The monoisotopic (exact) mass is 229 g/mol. The van der Waals surface area contributed by atoms with Crippen LogP contribution in [-0.4, -0.2) is 10.8 Å². The zero-order chi connectivity index (χ0) is 12.3. The number of carbonyl (C=O) groups is 1. The highest BCUT2D eigenvalue weighted by atomic mass is 16.1. The SMILES string of the molecule is CCCCCC(=O)c1c[nH]c2ccc(C)cc12. The molecule has 0 aliphatic heterocycles. The molecule has 2 aromatic rings. The average Bonchev–Trinajstić information content (AvgIpc) is 2.72. The van der Waals surface area contributed by atoms with E-state index in [0.29, 0.717) is 6.42 Å². The summed E-state index contributed by atoms with van der Waals surface area (Å²) in [5.41, 5.74) is 3.09. The van der Waals surface area contributed by atoms with Crippen molar-refractivity contribution in [1.82, 2.24) is 4.98 Å². The largest absolute Gasteiger partial charge is 0.360 e. The van der Waals surface area contributed by atoms with Crippen LogP contribution in [-0.2, 0) is 0 Å². The minimum absolute atomic E-state index is 0.260. The van der Waals surface area contributed by atoms with Crippen LogP contribution in [0.2, 0.25) is 0 Å². The van der Waals surface area contributed by atoms with Crippen LogP contribution in [0, 0.1) is 6.92 Å². The summed E-state index contributed by atoms with van der Waals surface area (Å²) in [4.78, 5) is 15.3. The summed E-state index contributed by atoms with van der Waals surface area (Å²) in [5.74, 6) is 0.260. The molecule has 0 aliphatic rings. The molecule has 0 bridgehead atoms. The summed E-state index contributed by atoms with van der Waals surface area (Å²) >= 11 is 0. The van der Waals surface area contributed by atoms with Gasteiger partial charge in [0.15, 0.2) is 5.78 Å². The van der Waals surface area contributed by atoms with E-state index in [9.17, 15) is 4.79 Å². The lowest BCUT2D eigenvalue weighted by atomic mass is 10.0. The van der Waals surface area contributed by atoms with Crippen LogP contribution in [0.15, 0.2) is 24.4 Å². The highest BCUT2D eigenvalue weighted by molar-refractivity contribution is 6.07. The molecule has 0 atom stereocenters. The number of hydrogen-bond acceptors (Lipinski definition) is 1. The summed E-state index contributed by atoms with van der Waals surface area (Å²) < 4.78 is 0. The van der Waals surface area contributed by atoms with Gasteiger partial charge in [0.1, 0.15) is 0 Å². The highest BCUT2D eigenvalue weighted by Crippen LogP contribution is 2.21. The van der Waals surface area contributed by atoms with Crippen LogP contribution >= 0.6 is 0 Å². The maximum absolute atomic E-state index is 12.1. The van der Waals surface area contributed by atoms with Gasteiger partial charge >= 0.3 is 0 Å². The van der Waals surface area contributed by atoms with E-state index in [-0.39, 0.29) is 5.78 Å². The Morgan fingerprint density at radius 3 is 2.88 bits per heavy atom. The van der Waals surface area contributed by atoms with E-state index < -0.39 is 0 Å². The number of hydrogen-bond donors (Lipinski definition) is 1. The molecule has 1 N–H and O–H groups in total. The lowest BCUT2D eigenvalue weighted by molar-refractivity contribution is 0.0981. The van der Waals surface area contributed by atoms with Crippen molar-refractivity contribution < 1.29 is 4.79 Å². The number of ketones is 1. The van der Waals surface area contributed by atoms with Crippen molar-refractivity contribution in [1.29, 1.82) is 0 Å². The first-order valence-electron chi connectivity index (χ1n) is 6.33. The Hall–Kier alpha value is -1.57. The van der Waals surface area contributed by atoms with Crippen LogP contribution in [0.3, 0.4) is 0 Å². The second-order valence-corrected chi connectivity index (χ2v) is 4.63. The molecule has 0 radical (unpaired) electrons. The smallest absolute Gasteiger partial charge is 0.165 e. The number of aromatic amines is 1. The van der Waals surface area contributed by atoms with Crippen molar-refractivity contribution in [2.24, 2.45) is 0 Å². The van der Waals surface area contributed by atoms with Gasteiger partial charge in [-0.25, -0.2) is 0 Å². The van der Waals surface area contributed by atoms with Crippen molar-refractivity contribution in [2.45, 2.75) is 39.5 Å². The number of carbonyl (C=O) groups excluding carboxylic acids is 1. The number of unbranched alkanes of at least 4 members (excludes halogenated alkanes) is 2. The fourth-order valence-corrected chi connectivity index (χ4v) is 2.14. The normalized spacial score (nSPS) is 10.9. The van der Waals surface area contributed by atoms with E-state index >= 15 is 0 Å². The Kier molecular flexibility index (Phi) is 3.62. The number of fused-ring (bicyclic) bond motifs is 1. The van der Waals surface area contributed by atoms with Gasteiger partial charge in [0, 0.05) is 29.1 Å². The van der Waals surface area contributed by atoms with Gasteiger partial charge in [0.2, 0.25) is 0 Å². The molecular weight excluding hydrogens is 210 g/mol. The molecule has 0 amide bonds. The molecule has 0 aliphatic carbocycles. The van der Waals surface area contributed by atoms with E-state index in [1.807, 2.05) is 12.3 Å². The van der Waals surface area contributed by atoms with E-state index in [4.69, 9.17) is 0 Å². The van der Waals surface area contributed by atoms with Crippen LogP contribution in [0.25, 0.3) is 10.9 Å². The van der Waals surface area contributed by atoms with Crippen molar-refractivity contribution in [3.63, 3.8) is 0 Å². The molecule has 0 fully saturated rings. The molecule has 2 heteroatoms. The van der Waals surface area contributed by atoms with Crippen LogP contribution in [0.5, 0.6) is 0 Å². The van der Waals surface area contributed by atoms with E-state index in [2.05, 4.69) is 31.0 Å². The van der Waals surface area contributed by atoms with Gasteiger partial charge in [0.25, 0.3) is 0 Å². The zero-order valence-electron chi connectivity index (χ0n) is 10.5. The average molecular weight is 229 g/mol. The molecule has 90 valence electrons. The molecule has 0 saturated carbocycles. The van der Waals surface area contributed by atoms with Gasteiger partial charge < -0.3 is 4.98 Å². The van der Waals surface area contributed by atoms with Crippen molar-refractivity contribution >= 4 is 16.7 Å². The molecule has 1 aromatic carbocycles. The Bertz CT molecular complexity index is 525. The fraction of sp³-hybridized carbons (Fsp3) is 0.400. The number of rotatable bonds is 5. The Morgan fingerprint density at radius 1 is 1.29 bits per heavy atom. The number of H-pyrrole nitrogens is 1. The van der Waals surface area contributed by atoms with Crippen molar-refractivity contribution in [3.8, 4) is 0 Å². The highest BCUT2D eigenvalue weighted by Gasteiger charge is 2.11. The molecule has 1 heterocycles. The first-order chi connectivity index (χ1) is 8.22. The van der Waals surface area contributed by atoms with E-state index in [1.54, 1.807) is 0 Å². The van der Waals surface area contributed by atoms with Gasteiger partial charge in [-0.05, 0) is 25.5 Å². The number of Topliss-reactive ketones (excluding diaryl/α,β-unsaturated/α-hetero) is 1. The molecule has 1 aromatic heterocycles. The molecular formula is C15H19NO. The second kappa shape index (κ2) is 5.17. The topological polar surface area (TPSA) is 32.9 Å². The Balaban J connectivity index is 2.23.